The van der Waals surface area contributed by atoms with E-state index in [0.29, 0.717) is 36.4 Å². The van der Waals surface area contributed by atoms with Crippen LogP contribution in [0, 0.1) is 5.82 Å². The predicted octanol–water partition coefficient (Wildman–Crippen LogP) is 3.35. The van der Waals surface area contributed by atoms with E-state index in [0.717, 1.165) is 19.4 Å². The summed E-state index contributed by atoms with van der Waals surface area (Å²) in [4.78, 5) is 13.2. The van der Waals surface area contributed by atoms with Crippen LogP contribution >= 0.6 is 11.6 Å². The van der Waals surface area contributed by atoms with E-state index in [4.69, 9.17) is 11.6 Å². The fourth-order valence-corrected chi connectivity index (χ4v) is 3.03. The van der Waals surface area contributed by atoms with Gasteiger partial charge in [-0.05, 0) is 50.9 Å². The number of hydrogen-bond donors (Lipinski definition) is 1. The Morgan fingerprint density at radius 2 is 2.25 bits per heavy atom. The third-order valence-corrected chi connectivity index (χ3v) is 4.19. The van der Waals surface area contributed by atoms with Gasteiger partial charge in [-0.2, -0.15) is 0 Å². The molecule has 0 saturated carbocycles. The van der Waals surface area contributed by atoms with E-state index in [1.54, 1.807) is 12.1 Å². The van der Waals surface area contributed by atoms with Crippen molar-refractivity contribution in [3.8, 4) is 0 Å². The van der Waals surface area contributed by atoms with E-state index in [9.17, 15) is 14.3 Å². The molecule has 2 rings (SSSR count). The van der Waals surface area contributed by atoms with Gasteiger partial charge in [-0.15, -0.1) is 0 Å². The monoisotopic (exact) mass is 299 g/mol. The first kappa shape index (κ1) is 15.3. The second-order valence-corrected chi connectivity index (χ2v) is 5.60. The van der Waals surface area contributed by atoms with Crippen LogP contribution in [0.5, 0.6) is 0 Å². The lowest BCUT2D eigenvalue weighted by Gasteiger charge is -2.32. The molecule has 1 saturated heterocycles. The molecule has 1 aliphatic rings. The summed E-state index contributed by atoms with van der Waals surface area (Å²) in [7, 11) is 0. The van der Waals surface area contributed by atoms with Crippen LogP contribution in [-0.2, 0) is 11.2 Å². The fourth-order valence-electron chi connectivity index (χ4n) is 2.77. The number of likely N-dealkylation sites (tertiary alicyclic amines) is 1. The van der Waals surface area contributed by atoms with Crippen LogP contribution in [0.4, 0.5) is 4.39 Å². The van der Waals surface area contributed by atoms with Crippen LogP contribution in [0.1, 0.15) is 31.2 Å². The third-order valence-electron chi connectivity index (χ3n) is 3.83. The minimum Gasteiger partial charge on any atom is -0.480 e. The Balaban J connectivity index is 1.90. The molecule has 0 amide bonds. The maximum Gasteiger partial charge on any atom is 0.320 e. The molecule has 5 heteroatoms. The van der Waals surface area contributed by atoms with Gasteiger partial charge in [-0.1, -0.05) is 24.1 Å². The Bertz CT molecular complexity index is 461. The van der Waals surface area contributed by atoms with Gasteiger partial charge in [0, 0.05) is 10.6 Å². The number of carbonyl (C=O) groups is 1. The fraction of sp³-hybridized carbons (Fsp3) is 0.533. The zero-order valence-corrected chi connectivity index (χ0v) is 12.1. The SMILES string of the molecule is O=C(O)C1CCCCN1CCCc1c(F)cccc1Cl. The first-order valence-electron chi connectivity index (χ1n) is 6.99. The summed E-state index contributed by atoms with van der Waals surface area (Å²) in [6, 6.07) is 4.29. The summed E-state index contributed by atoms with van der Waals surface area (Å²) < 4.78 is 13.6. The van der Waals surface area contributed by atoms with Crippen LogP contribution in [0.25, 0.3) is 0 Å². The summed E-state index contributed by atoms with van der Waals surface area (Å²) >= 11 is 5.98. The molecule has 0 radical (unpaired) electrons. The number of halogens is 2. The van der Waals surface area contributed by atoms with Crippen molar-refractivity contribution in [1.82, 2.24) is 4.90 Å². The number of carboxylic acids is 1. The zero-order chi connectivity index (χ0) is 14.5. The lowest BCUT2D eigenvalue weighted by atomic mass is 10.0. The number of hydrogen-bond acceptors (Lipinski definition) is 2. The molecular weight excluding hydrogens is 281 g/mol. The van der Waals surface area contributed by atoms with Gasteiger partial charge in [0.2, 0.25) is 0 Å². The largest absolute Gasteiger partial charge is 0.480 e. The van der Waals surface area contributed by atoms with Crippen LogP contribution in [0.15, 0.2) is 18.2 Å². The molecular formula is C15H19ClFNO2. The zero-order valence-electron chi connectivity index (χ0n) is 11.3. The standard InChI is InChI=1S/C15H19ClFNO2/c16-12-6-3-7-13(17)11(12)5-4-10-18-9-2-1-8-14(18)15(19)20/h3,6-7,14H,1-2,4-5,8-10H2,(H,19,20). The van der Waals surface area contributed by atoms with Crippen molar-refractivity contribution in [3.63, 3.8) is 0 Å². The molecule has 1 aromatic rings. The Morgan fingerprint density at radius 3 is 2.95 bits per heavy atom. The molecule has 110 valence electrons. The number of rotatable bonds is 5. The molecule has 1 N–H and O–H groups in total. The van der Waals surface area contributed by atoms with Crippen molar-refractivity contribution in [2.75, 3.05) is 13.1 Å². The van der Waals surface area contributed by atoms with Crippen molar-refractivity contribution in [2.24, 2.45) is 0 Å². The van der Waals surface area contributed by atoms with E-state index >= 15 is 0 Å². The molecule has 1 unspecified atom stereocenters. The highest BCUT2D eigenvalue weighted by Crippen LogP contribution is 2.22. The van der Waals surface area contributed by atoms with E-state index in [2.05, 4.69) is 0 Å². The van der Waals surface area contributed by atoms with Crippen molar-refractivity contribution in [1.29, 1.82) is 0 Å². The highest BCUT2D eigenvalue weighted by Gasteiger charge is 2.27. The third kappa shape index (κ3) is 3.70. The number of piperidine rings is 1. The minimum absolute atomic E-state index is 0.286. The molecule has 1 aliphatic heterocycles. The van der Waals surface area contributed by atoms with E-state index in [-0.39, 0.29) is 11.9 Å². The lowest BCUT2D eigenvalue weighted by molar-refractivity contribution is -0.144. The van der Waals surface area contributed by atoms with Gasteiger partial charge in [0.05, 0.1) is 0 Å². The average molecular weight is 300 g/mol. The quantitative estimate of drug-likeness (QED) is 0.906. The van der Waals surface area contributed by atoms with Gasteiger partial charge in [-0.25, -0.2) is 4.39 Å². The van der Waals surface area contributed by atoms with Crippen LogP contribution in [0.2, 0.25) is 5.02 Å². The number of aliphatic carboxylic acids is 1. The molecule has 20 heavy (non-hydrogen) atoms. The second kappa shape index (κ2) is 7.04. The number of benzene rings is 1. The molecule has 1 aromatic carbocycles. The van der Waals surface area contributed by atoms with E-state index in [1.807, 2.05) is 4.90 Å². The first-order chi connectivity index (χ1) is 9.59. The van der Waals surface area contributed by atoms with Crippen molar-refractivity contribution < 1.29 is 14.3 Å². The molecule has 1 heterocycles. The number of nitrogens with zero attached hydrogens (tertiary/aromatic N) is 1. The molecule has 0 aliphatic carbocycles. The molecule has 0 spiro atoms. The van der Waals surface area contributed by atoms with Gasteiger partial charge in [0.25, 0.3) is 0 Å². The van der Waals surface area contributed by atoms with Crippen LogP contribution < -0.4 is 0 Å². The Morgan fingerprint density at radius 1 is 1.45 bits per heavy atom. The second-order valence-electron chi connectivity index (χ2n) is 5.19. The van der Waals surface area contributed by atoms with Crippen molar-refractivity contribution in [3.05, 3.63) is 34.6 Å². The first-order valence-corrected chi connectivity index (χ1v) is 7.37. The van der Waals surface area contributed by atoms with E-state index in [1.165, 1.54) is 6.07 Å². The summed E-state index contributed by atoms with van der Waals surface area (Å²) in [6.45, 7) is 1.48. The van der Waals surface area contributed by atoms with Gasteiger partial charge in [0.1, 0.15) is 11.9 Å². The normalized spacial score (nSPS) is 20.0. The Labute approximate surface area is 123 Å². The summed E-state index contributed by atoms with van der Waals surface area (Å²) in [6.07, 6.45) is 3.95. The van der Waals surface area contributed by atoms with Crippen molar-refractivity contribution >= 4 is 17.6 Å². The number of carboxylic acid groups (broad SMARTS) is 1. The highest BCUT2D eigenvalue weighted by atomic mass is 35.5. The lowest BCUT2D eigenvalue weighted by Crippen LogP contribution is -2.45. The summed E-state index contributed by atoms with van der Waals surface area (Å²) in [5.41, 5.74) is 0.526. The molecule has 0 bridgehead atoms. The molecule has 1 atom stereocenters. The minimum atomic E-state index is -0.756. The predicted molar refractivity (Wildman–Crippen MR) is 76.6 cm³/mol. The van der Waals surface area contributed by atoms with Gasteiger partial charge >= 0.3 is 5.97 Å². The molecule has 0 aromatic heterocycles. The van der Waals surface area contributed by atoms with Gasteiger partial charge < -0.3 is 5.11 Å². The Hall–Kier alpha value is -1.13. The topological polar surface area (TPSA) is 40.5 Å². The molecule has 3 nitrogen and oxygen atoms in total. The molecule has 1 fully saturated rings. The summed E-state index contributed by atoms with van der Waals surface area (Å²) in [5, 5.41) is 9.63. The van der Waals surface area contributed by atoms with Crippen LogP contribution in [0.3, 0.4) is 0 Å². The van der Waals surface area contributed by atoms with Crippen LogP contribution in [-0.4, -0.2) is 35.1 Å². The maximum absolute atomic E-state index is 13.6. The highest BCUT2D eigenvalue weighted by molar-refractivity contribution is 6.31. The van der Waals surface area contributed by atoms with Gasteiger partial charge in [0.15, 0.2) is 0 Å². The summed E-state index contributed by atoms with van der Waals surface area (Å²) in [5.74, 6) is -1.04. The average Bonchev–Trinajstić information content (AvgIpc) is 2.42. The Kier molecular flexibility index (Phi) is 5.38. The van der Waals surface area contributed by atoms with Crippen molar-refractivity contribution in [2.45, 2.75) is 38.1 Å². The van der Waals surface area contributed by atoms with Gasteiger partial charge in [-0.3, -0.25) is 9.69 Å². The van der Waals surface area contributed by atoms with E-state index < -0.39 is 5.97 Å². The smallest absolute Gasteiger partial charge is 0.320 e. The maximum atomic E-state index is 13.6.